The summed E-state index contributed by atoms with van der Waals surface area (Å²) in [5.74, 6) is 0.434. The highest BCUT2D eigenvalue weighted by molar-refractivity contribution is 7.89. The molecule has 1 saturated heterocycles. The molecular weight excluding hydrogens is 212 g/mol. The summed E-state index contributed by atoms with van der Waals surface area (Å²) in [5.41, 5.74) is 0. The van der Waals surface area contributed by atoms with E-state index in [1.54, 1.807) is 30.3 Å². The minimum Gasteiger partial charge on any atom is -0.316 e. The van der Waals surface area contributed by atoms with Gasteiger partial charge in [0.1, 0.15) is 0 Å². The monoisotopic (exact) mass is 226 g/mol. The van der Waals surface area contributed by atoms with Crippen LogP contribution < -0.4 is 10.0 Å². The average Bonchev–Trinajstić information content (AvgIpc) is 2.16. The van der Waals surface area contributed by atoms with Gasteiger partial charge in [-0.15, -0.1) is 0 Å². The first kappa shape index (κ1) is 10.6. The Morgan fingerprint density at radius 2 is 1.93 bits per heavy atom. The molecule has 1 aliphatic rings. The zero-order valence-electron chi connectivity index (χ0n) is 8.31. The van der Waals surface area contributed by atoms with Gasteiger partial charge in [0.05, 0.1) is 4.90 Å². The molecule has 1 aromatic rings. The lowest BCUT2D eigenvalue weighted by atomic mass is 10.1. The molecule has 0 amide bonds. The van der Waals surface area contributed by atoms with Crippen LogP contribution in [0.4, 0.5) is 0 Å². The first-order chi connectivity index (χ1) is 7.18. The molecule has 2 N–H and O–H groups in total. The van der Waals surface area contributed by atoms with Crippen molar-refractivity contribution >= 4 is 10.0 Å². The van der Waals surface area contributed by atoms with Crippen LogP contribution in [0, 0.1) is 5.92 Å². The second kappa shape index (κ2) is 4.30. The molecule has 4 nitrogen and oxygen atoms in total. The van der Waals surface area contributed by atoms with Crippen LogP contribution >= 0.6 is 0 Å². The van der Waals surface area contributed by atoms with Crippen LogP contribution in [0.15, 0.2) is 35.2 Å². The highest BCUT2D eigenvalue weighted by Gasteiger charge is 2.20. The first-order valence-electron chi connectivity index (χ1n) is 4.94. The molecule has 1 aromatic carbocycles. The maximum absolute atomic E-state index is 11.7. The summed E-state index contributed by atoms with van der Waals surface area (Å²) >= 11 is 0. The van der Waals surface area contributed by atoms with Gasteiger partial charge in [0.25, 0.3) is 0 Å². The van der Waals surface area contributed by atoms with Crippen LogP contribution in [0.3, 0.4) is 0 Å². The van der Waals surface area contributed by atoms with Crippen LogP contribution in [0.1, 0.15) is 0 Å². The van der Waals surface area contributed by atoms with Crippen molar-refractivity contribution in [2.75, 3.05) is 19.6 Å². The lowest BCUT2D eigenvalue weighted by molar-refractivity contribution is 0.347. The van der Waals surface area contributed by atoms with Crippen molar-refractivity contribution in [3.05, 3.63) is 30.3 Å². The normalized spacial score (nSPS) is 17.3. The Balaban J connectivity index is 2.00. The van der Waals surface area contributed by atoms with Crippen molar-refractivity contribution in [3.8, 4) is 0 Å². The van der Waals surface area contributed by atoms with Gasteiger partial charge in [-0.2, -0.15) is 0 Å². The quantitative estimate of drug-likeness (QED) is 0.770. The summed E-state index contributed by atoms with van der Waals surface area (Å²) in [4.78, 5) is 0.331. The fourth-order valence-corrected chi connectivity index (χ4v) is 2.54. The Bertz CT molecular complexity index is 412. The fourth-order valence-electron chi connectivity index (χ4n) is 1.40. The van der Waals surface area contributed by atoms with E-state index < -0.39 is 10.0 Å². The molecular formula is C10H14N2O2S. The molecule has 0 aliphatic carbocycles. The van der Waals surface area contributed by atoms with Gasteiger partial charge in [0.15, 0.2) is 0 Å². The number of rotatable bonds is 4. The van der Waals surface area contributed by atoms with Crippen LogP contribution in [0.5, 0.6) is 0 Å². The molecule has 1 heterocycles. The molecule has 0 spiro atoms. The van der Waals surface area contributed by atoms with Gasteiger partial charge in [0.2, 0.25) is 10.0 Å². The van der Waals surface area contributed by atoms with Crippen molar-refractivity contribution in [2.24, 2.45) is 5.92 Å². The Labute approximate surface area is 89.7 Å². The molecule has 1 aliphatic heterocycles. The van der Waals surface area contributed by atoms with Crippen molar-refractivity contribution in [1.82, 2.24) is 10.0 Å². The highest BCUT2D eigenvalue weighted by atomic mass is 32.2. The summed E-state index contributed by atoms with van der Waals surface area (Å²) in [6, 6.07) is 8.44. The SMILES string of the molecule is O=S(=O)(NCC1CNC1)c1ccccc1. The zero-order chi connectivity index (χ0) is 10.7. The summed E-state index contributed by atoms with van der Waals surface area (Å²) < 4.78 is 26.1. The van der Waals surface area contributed by atoms with Crippen LogP contribution in [0.25, 0.3) is 0 Å². The van der Waals surface area contributed by atoms with E-state index in [2.05, 4.69) is 10.0 Å². The Hall–Kier alpha value is -0.910. The molecule has 15 heavy (non-hydrogen) atoms. The van der Waals surface area contributed by atoms with E-state index in [0.717, 1.165) is 13.1 Å². The number of hydrogen-bond donors (Lipinski definition) is 2. The zero-order valence-corrected chi connectivity index (χ0v) is 9.13. The molecule has 1 fully saturated rings. The molecule has 0 saturated carbocycles. The summed E-state index contributed by atoms with van der Waals surface area (Å²) in [6.45, 7) is 2.32. The maximum Gasteiger partial charge on any atom is 0.240 e. The number of nitrogens with one attached hydrogen (secondary N) is 2. The third-order valence-corrected chi connectivity index (χ3v) is 3.92. The van der Waals surface area contributed by atoms with Crippen molar-refractivity contribution < 1.29 is 8.42 Å². The molecule has 0 aromatic heterocycles. The fraction of sp³-hybridized carbons (Fsp3) is 0.400. The van der Waals surface area contributed by atoms with Gasteiger partial charge in [-0.1, -0.05) is 18.2 Å². The van der Waals surface area contributed by atoms with Crippen molar-refractivity contribution in [3.63, 3.8) is 0 Å². The topological polar surface area (TPSA) is 58.2 Å². The van der Waals surface area contributed by atoms with Gasteiger partial charge in [-0.05, 0) is 18.1 Å². The minimum absolute atomic E-state index is 0.331. The van der Waals surface area contributed by atoms with E-state index >= 15 is 0 Å². The van der Waals surface area contributed by atoms with Gasteiger partial charge in [-0.25, -0.2) is 13.1 Å². The third-order valence-electron chi connectivity index (χ3n) is 2.48. The average molecular weight is 226 g/mol. The molecule has 0 unspecified atom stereocenters. The molecule has 0 radical (unpaired) electrons. The van der Waals surface area contributed by atoms with E-state index in [4.69, 9.17) is 0 Å². The lowest BCUT2D eigenvalue weighted by Crippen LogP contribution is -2.48. The van der Waals surface area contributed by atoms with Gasteiger partial charge in [-0.3, -0.25) is 0 Å². The molecule has 5 heteroatoms. The second-order valence-corrected chi connectivity index (χ2v) is 5.46. The third kappa shape index (κ3) is 2.56. The lowest BCUT2D eigenvalue weighted by Gasteiger charge is -2.26. The molecule has 2 rings (SSSR count). The standard InChI is InChI=1S/C10H14N2O2S/c13-15(14,10-4-2-1-3-5-10)12-8-9-6-11-7-9/h1-5,9,11-12H,6-8H2. The van der Waals surface area contributed by atoms with Crippen molar-refractivity contribution in [2.45, 2.75) is 4.90 Å². The highest BCUT2D eigenvalue weighted by Crippen LogP contribution is 2.08. The predicted octanol–water partition coefficient (Wildman–Crippen LogP) is 0.184. The van der Waals surface area contributed by atoms with E-state index in [0.29, 0.717) is 17.4 Å². The van der Waals surface area contributed by atoms with Gasteiger partial charge < -0.3 is 5.32 Å². The first-order valence-corrected chi connectivity index (χ1v) is 6.42. The van der Waals surface area contributed by atoms with E-state index in [9.17, 15) is 8.42 Å². The number of sulfonamides is 1. The molecule has 0 bridgehead atoms. The van der Waals surface area contributed by atoms with E-state index in [-0.39, 0.29) is 0 Å². The van der Waals surface area contributed by atoms with Gasteiger partial charge >= 0.3 is 0 Å². The summed E-state index contributed by atoms with van der Waals surface area (Å²) in [6.07, 6.45) is 0. The molecule has 0 atom stereocenters. The summed E-state index contributed by atoms with van der Waals surface area (Å²) in [7, 11) is -3.31. The Morgan fingerprint density at radius 1 is 1.27 bits per heavy atom. The van der Waals surface area contributed by atoms with E-state index in [1.165, 1.54) is 0 Å². The van der Waals surface area contributed by atoms with Crippen LogP contribution in [0.2, 0.25) is 0 Å². The smallest absolute Gasteiger partial charge is 0.240 e. The maximum atomic E-state index is 11.7. The van der Waals surface area contributed by atoms with Crippen LogP contribution in [-0.2, 0) is 10.0 Å². The number of benzene rings is 1. The summed E-state index contributed by atoms with van der Waals surface area (Å²) in [5, 5.41) is 3.10. The van der Waals surface area contributed by atoms with E-state index in [1.807, 2.05) is 0 Å². The predicted molar refractivity (Wildman–Crippen MR) is 58.0 cm³/mol. The van der Waals surface area contributed by atoms with Crippen LogP contribution in [-0.4, -0.2) is 28.1 Å². The molecule has 82 valence electrons. The van der Waals surface area contributed by atoms with Crippen molar-refractivity contribution in [1.29, 1.82) is 0 Å². The Morgan fingerprint density at radius 3 is 2.47 bits per heavy atom. The van der Waals surface area contributed by atoms with Gasteiger partial charge in [0, 0.05) is 19.6 Å². The minimum atomic E-state index is -3.31. The second-order valence-electron chi connectivity index (χ2n) is 3.69. The number of hydrogen-bond acceptors (Lipinski definition) is 3. The Kier molecular flexibility index (Phi) is 3.04. The largest absolute Gasteiger partial charge is 0.316 e.